The number of thiocarbonyl (C=S) groups is 1. The van der Waals surface area contributed by atoms with Gasteiger partial charge in [-0.2, -0.15) is 0 Å². The van der Waals surface area contributed by atoms with Crippen LogP contribution in [0.2, 0.25) is 0 Å². The average Bonchev–Trinajstić information content (AvgIpc) is 3.14. The Morgan fingerprint density at radius 1 is 1.57 bits per heavy atom. The molecule has 1 atom stereocenters. The van der Waals surface area contributed by atoms with Crippen LogP contribution in [0.25, 0.3) is 6.08 Å². The highest BCUT2D eigenvalue weighted by atomic mass is 32.2. The Morgan fingerprint density at radius 3 is 3.09 bits per heavy atom. The smallest absolute Gasteiger partial charge is 0.266 e. The third-order valence-corrected chi connectivity index (χ3v) is 5.20. The van der Waals surface area contributed by atoms with Crippen molar-refractivity contribution in [2.75, 3.05) is 20.3 Å². The van der Waals surface area contributed by atoms with Gasteiger partial charge in [0, 0.05) is 12.2 Å². The molecule has 1 N–H and O–H groups in total. The molecule has 2 heterocycles. The summed E-state index contributed by atoms with van der Waals surface area (Å²) in [6, 6.07) is 5.15. The number of carbonyl (C=O) groups is 1. The highest BCUT2D eigenvalue weighted by Gasteiger charge is 2.34. The standard InChI is InChI=1S/C16H17NO4S2/c1-20-12-6-2-4-10(14(12)18)8-13-15(19)17(16(22)23-13)9-11-5-3-7-21-11/h2,4,6,8,11,18H,3,5,7,9H2,1H3/b13-8-/t11-/m1/s1. The highest BCUT2D eigenvalue weighted by molar-refractivity contribution is 8.26. The maximum Gasteiger partial charge on any atom is 0.266 e. The summed E-state index contributed by atoms with van der Waals surface area (Å²) in [6.07, 6.45) is 3.67. The summed E-state index contributed by atoms with van der Waals surface area (Å²) in [5, 5.41) is 10.1. The van der Waals surface area contributed by atoms with Gasteiger partial charge in [-0.05, 0) is 25.0 Å². The second-order valence-corrected chi connectivity index (χ2v) is 7.00. The Labute approximate surface area is 144 Å². The van der Waals surface area contributed by atoms with Crippen molar-refractivity contribution in [2.45, 2.75) is 18.9 Å². The van der Waals surface area contributed by atoms with Gasteiger partial charge in [0.15, 0.2) is 11.5 Å². The maximum atomic E-state index is 12.6. The Morgan fingerprint density at radius 2 is 2.39 bits per heavy atom. The minimum Gasteiger partial charge on any atom is -0.504 e. The lowest BCUT2D eigenvalue weighted by Gasteiger charge is -2.18. The van der Waals surface area contributed by atoms with Crippen molar-refractivity contribution in [3.05, 3.63) is 28.7 Å². The van der Waals surface area contributed by atoms with Gasteiger partial charge in [-0.25, -0.2) is 0 Å². The summed E-state index contributed by atoms with van der Waals surface area (Å²) in [7, 11) is 1.49. The zero-order chi connectivity index (χ0) is 16.4. The largest absolute Gasteiger partial charge is 0.504 e. The van der Waals surface area contributed by atoms with Crippen LogP contribution in [0.15, 0.2) is 23.1 Å². The Bertz CT molecular complexity index is 668. The normalized spacial score (nSPS) is 23.1. The fourth-order valence-electron chi connectivity index (χ4n) is 2.61. The lowest BCUT2D eigenvalue weighted by atomic mass is 10.1. The molecular weight excluding hydrogens is 334 g/mol. The van der Waals surface area contributed by atoms with E-state index in [0.717, 1.165) is 19.4 Å². The molecule has 2 fully saturated rings. The molecule has 0 spiro atoms. The number of hydrogen-bond donors (Lipinski definition) is 1. The number of phenolic OH excluding ortho intramolecular Hbond substituents is 1. The van der Waals surface area contributed by atoms with Crippen LogP contribution in [-0.4, -0.2) is 46.6 Å². The predicted octanol–water partition coefficient (Wildman–Crippen LogP) is 2.78. The lowest BCUT2D eigenvalue weighted by molar-refractivity contribution is -0.123. The van der Waals surface area contributed by atoms with Gasteiger partial charge < -0.3 is 14.6 Å². The topological polar surface area (TPSA) is 59.0 Å². The van der Waals surface area contributed by atoms with Crippen LogP contribution >= 0.6 is 24.0 Å². The van der Waals surface area contributed by atoms with Crippen LogP contribution in [-0.2, 0) is 9.53 Å². The quantitative estimate of drug-likeness (QED) is 0.665. The lowest BCUT2D eigenvalue weighted by Crippen LogP contribution is -2.35. The molecule has 122 valence electrons. The average molecular weight is 351 g/mol. The van der Waals surface area contributed by atoms with Crippen LogP contribution in [0.3, 0.4) is 0 Å². The molecule has 2 aliphatic rings. The van der Waals surface area contributed by atoms with E-state index in [1.807, 2.05) is 0 Å². The van der Waals surface area contributed by atoms with E-state index >= 15 is 0 Å². The summed E-state index contributed by atoms with van der Waals surface area (Å²) in [6.45, 7) is 1.24. The molecule has 1 aromatic rings. The molecular formula is C16H17NO4S2. The third kappa shape index (κ3) is 3.36. The van der Waals surface area contributed by atoms with Gasteiger partial charge in [0.25, 0.3) is 5.91 Å². The van der Waals surface area contributed by atoms with E-state index in [4.69, 9.17) is 21.7 Å². The van der Waals surface area contributed by atoms with Crippen LogP contribution in [0.4, 0.5) is 0 Å². The minimum atomic E-state index is -0.141. The number of hydrogen-bond acceptors (Lipinski definition) is 6. The maximum absolute atomic E-state index is 12.6. The number of para-hydroxylation sites is 1. The van der Waals surface area contributed by atoms with Crippen LogP contribution in [0, 0.1) is 0 Å². The number of amides is 1. The molecule has 7 heteroatoms. The first-order valence-electron chi connectivity index (χ1n) is 7.33. The van der Waals surface area contributed by atoms with Gasteiger partial charge in [-0.15, -0.1) is 0 Å². The molecule has 0 radical (unpaired) electrons. The summed E-state index contributed by atoms with van der Waals surface area (Å²) in [4.78, 5) is 14.6. The van der Waals surface area contributed by atoms with Crippen molar-refractivity contribution in [1.82, 2.24) is 4.90 Å². The van der Waals surface area contributed by atoms with Crippen molar-refractivity contribution < 1.29 is 19.4 Å². The van der Waals surface area contributed by atoms with Crippen LogP contribution in [0.1, 0.15) is 18.4 Å². The Hall–Kier alpha value is -1.57. The highest BCUT2D eigenvalue weighted by Crippen LogP contribution is 2.37. The number of methoxy groups -OCH3 is 1. The summed E-state index contributed by atoms with van der Waals surface area (Å²) in [5.74, 6) is 0.241. The molecule has 0 unspecified atom stereocenters. The SMILES string of the molecule is COc1cccc(/C=C2\SC(=S)N(C[C@H]3CCCO3)C2=O)c1O. The molecule has 0 aliphatic carbocycles. The van der Waals surface area contributed by atoms with Gasteiger partial charge in [-0.3, -0.25) is 9.69 Å². The van der Waals surface area contributed by atoms with E-state index in [9.17, 15) is 9.90 Å². The van der Waals surface area contributed by atoms with E-state index in [-0.39, 0.29) is 17.8 Å². The van der Waals surface area contributed by atoms with Crippen molar-refractivity contribution in [3.8, 4) is 11.5 Å². The molecule has 0 saturated carbocycles. The third-order valence-electron chi connectivity index (χ3n) is 3.82. The number of aromatic hydroxyl groups is 1. The minimum absolute atomic E-state index is 0.0133. The van der Waals surface area contributed by atoms with E-state index < -0.39 is 0 Å². The molecule has 0 aromatic heterocycles. The van der Waals surface area contributed by atoms with Gasteiger partial charge in [0.1, 0.15) is 4.32 Å². The summed E-state index contributed by atoms with van der Waals surface area (Å²) in [5.41, 5.74) is 0.530. The van der Waals surface area contributed by atoms with E-state index in [0.29, 0.717) is 27.1 Å². The first-order valence-corrected chi connectivity index (χ1v) is 8.55. The zero-order valence-electron chi connectivity index (χ0n) is 12.7. The molecule has 1 amide bonds. The molecule has 0 bridgehead atoms. The first-order chi connectivity index (χ1) is 11.1. The van der Waals surface area contributed by atoms with Crippen molar-refractivity contribution in [1.29, 1.82) is 0 Å². The fraction of sp³-hybridized carbons (Fsp3) is 0.375. The van der Waals surface area contributed by atoms with Crippen molar-refractivity contribution >= 4 is 40.3 Å². The molecule has 5 nitrogen and oxygen atoms in total. The molecule has 2 saturated heterocycles. The zero-order valence-corrected chi connectivity index (χ0v) is 14.3. The molecule has 23 heavy (non-hydrogen) atoms. The van der Waals surface area contributed by atoms with Crippen molar-refractivity contribution in [3.63, 3.8) is 0 Å². The molecule has 1 aromatic carbocycles. The molecule has 2 aliphatic heterocycles. The molecule has 3 rings (SSSR count). The van der Waals surface area contributed by atoms with E-state index in [2.05, 4.69) is 0 Å². The summed E-state index contributed by atoms with van der Waals surface area (Å²) < 4.78 is 11.2. The van der Waals surface area contributed by atoms with Crippen molar-refractivity contribution in [2.24, 2.45) is 0 Å². The van der Waals surface area contributed by atoms with Crippen LogP contribution < -0.4 is 4.74 Å². The first kappa shape index (κ1) is 16.3. The van der Waals surface area contributed by atoms with E-state index in [1.165, 1.54) is 18.9 Å². The second-order valence-electron chi connectivity index (χ2n) is 5.33. The Kier molecular flexibility index (Phi) is 4.89. The fourth-order valence-corrected chi connectivity index (χ4v) is 3.88. The van der Waals surface area contributed by atoms with Gasteiger partial charge in [0.05, 0.1) is 24.7 Å². The number of nitrogens with zero attached hydrogens (tertiary/aromatic N) is 1. The second kappa shape index (κ2) is 6.90. The number of benzene rings is 1. The summed E-state index contributed by atoms with van der Waals surface area (Å²) >= 11 is 6.55. The van der Waals surface area contributed by atoms with E-state index in [1.54, 1.807) is 29.2 Å². The monoisotopic (exact) mass is 351 g/mol. The number of ether oxygens (including phenoxy) is 2. The number of thioether (sulfide) groups is 1. The number of rotatable bonds is 4. The van der Waals surface area contributed by atoms with Gasteiger partial charge in [-0.1, -0.05) is 36.1 Å². The number of carbonyl (C=O) groups excluding carboxylic acids is 1. The van der Waals surface area contributed by atoms with Crippen LogP contribution in [0.5, 0.6) is 11.5 Å². The number of phenols is 1. The van der Waals surface area contributed by atoms with Gasteiger partial charge in [0.2, 0.25) is 0 Å². The predicted molar refractivity (Wildman–Crippen MR) is 93.5 cm³/mol. The Balaban J connectivity index is 1.81. The van der Waals surface area contributed by atoms with Gasteiger partial charge >= 0.3 is 0 Å².